The summed E-state index contributed by atoms with van der Waals surface area (Å²) in [5.41, 5.74) is 3.96. The quantitative estimate of drug-likeness (QED) is 0.252. The Morgan fingerprint density at radius 3 is 2.46 bits per heavy atom. The number of fused-ring (bicyclic) bond motifs is 1. The van der Waals surface area contributed by atoms with E-state index in [2.05, 4.69) is 47.9 Å². The molecule has 0 aliphatic heterocycles. The Morgan fingerprint density at radius 1 is 1.00 bits per heavy atom. The molecule has 0 N–H and O–H groups in total. The molecule has 0 amide bonds. The van der Waals surface area contributed by atoms with Gasteiger partial charge in [0.05, 0.1) is 29.3 Å². The number of alkyl halides is 2. The highest BCUT2D eigenvalue weighted by atomic mass is 79.9. The number of thiazole rings is 1. The number of nitrogens with zero attached hydrogens (tertiary/aromatic N) is 2. The van der Waals surface area contributed by atoms with Crippen LogP contribution in [0.3, 0.4) is 0 Å². The SMILES string of the molecule is COc1ccc2ccc(CBr)nc2c1.Clc1ccccc1-c1csc(CBr)n1. The average molecular weight is 541 g/mol. The van der Waals surface area contributed by atoms with Crippen molar-refractivity contribution in [2.45, 2.75) is 10.7 Å². The molecule has 7 heteroatoms. The highest BCUT2D eigenvalue weighted by Gasteiger charge is 2.06. The van der Waals surface area contributed by atoms with Gasteiger partial charge in [-0.05, 0) is 24.3 Å². The van der Waals surface area contributed by atoms with Crippen LogP contribution in [0.25, 0.3) is 22.2 Å². The number of methoxy groups -OCH3 is 1. The minimum atomic E-state index is 0.749. The number of hydrogen-bond donors (Lipinski definition) is 0. The number of hydrogen-bond acceptors (Lipinski definition) is 4. The van der Waals surface area contributed by atoms with Crippen molar-refractivity contribution in [2.24, 2.45) is 0 Å². The van der Waals surface area contributed by atoms with Crippen LogP contribution >= 0.6 is 54.8 Å². The van der Waals surface area contributed by atoms with Crippen LogP contribution in [-0.2, 0) is 10.7 Å². The maximum absolute atomic E-state index is 6.06. The fourth-order valence-corrected chi connectivity index (χ4v) is 4.21. The predicted octanol–water partition coefficient (Wildman–Crippen LogP) is 7.50. The van der Waals surface area contributed by atoms with Crippen LogP contribution < -0.4 is 4.74 Å². The maximum Gasteiger partial charge on any atom is 0.121 e. The molecule has 4 rings (SSSR count). The van der Waals surface area contributed by atoms with Gasteiger partial charge in [-0.15, -0.1) is 11.3 Å². The zero-order chi connectivity index (χ0) is 19.9. The van der Waals surface area contributed by atoms with Gasteiger partial charge in [0.2, 0.25) is 0 Å². The first-order valence-electron chi connectivity index (χ1n) is 8.39. The lowest BCUT2D eigenvalue weighted by atomic mass is 10.2. The second-order valence-corrected chi connectivity index (χ2v) is 8.21. The van der Waals surface area contributed by atoms with E-state index in [4.69, 9.17) is 16.3 Å². The first kappa shape index (κ1) is 21.2. The number of ether oxygens (including phenoxy) is 1. The van der Waals surface area contributed by atoms with E-state index in [1.807, 2.05) is 53.9 Å². The van der Waals surface area contributed by atoms with E-state index < -0.39 is 0 Å². The summed E-state index contributed by atoms with van der Waals surface area (Å²) in [4.78, 5) is 8.92. The van der Waals surface area contributed by atoms with E-state index in [1.54, 1.807) is 18.4 Å². The van der Waals surface area contributed by atoms with E-state index in [9.17, 15) is 0 Å². The zero-order valence-electron chi connectivity index (χ0n) is 15.0. The molecule has 2 aromatic heterocycles. The summed E-state index contributed by atoms with van der Waals surface area (Å²) < 4.78 is 5.14. The molecule has 28 heavy (non-hydrogen) atoms. The van der Waals surface area contributed by atoms with Crippen LogP contribution in [0.4, 0.5) is 0 Å². The van der Waals surface area contributed by atoms with Crippen LogP contribution in [-0.4, -0.2) is 17.1 Å². The topological polar surface area (TPSA) is 35.0 Å². The zero-order valence-corrected chi connectivity index (χ0v) is 19.8. The van der Waals surface area contributed by atoms with Gasteiger partial charge in [-0.3, -0.25) is 4.98 Å². The van der Waals surface area contributed by atoms with Crippen LogP contribution in [0.5, 0.6) is 5.75 Å². The molecule has 0 saturated heterocycles. The summed E-state index contributed by atoms with van der Waals surface area (Å²) in [5.74, 6) is 0.844. The van der Waals surface area contributed by atoms with E-state index >= 15 is 0 Å². The third-order valence-corrected chi connectivity index (χ3v) is 6.56. The number of rotatable bonds is 4. The van der Waals surface area contributed by atoms with E-state index in [-0.39, 0.29) is 0 Å². The fourth-order valence-electron chi connectivity index (χ4n) is 2.51. The predicted molar refractivity (Wildman–Crippen MR) is 126 cm³/mol. The molecule has 0 radical (unpaired) electrons. The Morgan fingerprint density at radius 2 is 1.79 bits per heavy atom. The molecule has 0 bridgehead atoms. The molecule has 0 saturated carbocycles. The molecule has 2 heterocycles. The van der Waals surface area contributed by atoms with Gasteiger partial charge < -0.3 is 4.74 Å². The van der Waals surface area contributed by atoms with Crippen molar-refractivity contribution in [1.29, 1.82) is 0 Å². The number of pyridine rings is 1. The van der Waals surface area contributed by atoms with Crippen LogP contribution in [0, 0.1) is 0 Å². The lowest BCUT2D eigenvalue weighted by Crippen LogP contribution is -1.87. The Kier molecular flexibility index (Phi) is 7.85. The van der Waals surface area contributed by atoms with Crippen molar-refractivity contribution in [3.63, 3.8) is 0 Å². The van der Waals surface area contributed by atoms with Crippen molar-refractivity contribution >= 4 is 65.7 Å². The van der Waals surface area contributed by atoms with Crippen LogP contribution in [0.2, 0.25) is 5.02 Å². The van der Waals surface area contributed by atoms with Crippen molar-refractivity contribution in [2.75, 3.05) is 7.11 Å². The van der Waals surface area contributed by atoms with Crippen LogP contribution in [0.15, 0.2) is 60.0 Å². The second kappa shape index (κ2) is 10.3. The standard InChI is InChI=1S/C11H10BrNO.C10H7BrClNS/c1-14-10-5-3-8-2-4-9(7-12)13-11(8)6-10;11-5-10-13-9(6-14-10)7-3-1-2-4-8(7)12/h2-6H,7H2,1H3;1-4,6H,5H2. The normalized spacial score (nSPS) is 10.4. The molecule has 0 aliphatic carbocycles. The summed E-state index contributed by atoms with van der Waals surface area (Å²) in [7, 11) is 1.66. The lowest BCUT2D eigenvalue weighted by molar-refractivity contribution is 0.415. The van der Waals surface area contributed by atoms with Crippen molar-refractivity contribution in [3.8, 4) is 17.0 Å². The highest BCUT2D eigenvalue weighted by Crippen LogP contribution is 2.29. The molecule has 0 aliphatic rings. The highest BCUT2D eigenvalue weighted by molar-refractivity contribution is 9.08. The molecule has 0 fully saturated rings. The molecule has 0 unspecified atom stereocenters. The van der Waals surface area contributed by atoms with Crippen molar-refractivity contribution < 1.29 is 4.74 Å². The minimum absolute atomic E-state index is 0.749. The minimum Gasteiger partial charge on any atom is -0.497 e. The fraction of sp³-hybridized carbons (Fsp3) is 0.143. The Balaban J connectivity index is 0.000000161. The van der Waals surface area contributed by atoms with Gasteiger partial charge in [0, 0.05) is 32.7 Å². The van der Waals surface area contributed by atoms with Crippen molar-refractivity contribution in [1.82, 2.24) is 9.97 Å². The van der Waals surface area contributed by atoms with Gasteiger partial charge in [-0.2, -0.15) is 0 Å². The van der Waals surface area contributed by atoms with Gasteiger partial charge in [0.1, 0.15) is 10.8 Å². The van der Waals surface area contributed by atoms with Gasteiger partial charge in [0.25, 0.3) is 0 Å². The molecular weight excluding hydrogens is 524 g/mol. The summed E-state index contributed by atoms with van der Waals surface area (Å²) in [5, 5.41) is 6.55. The molecule has 0 atom stereocenters. The van der Waals surface area contributed by atoms with Gasteiger partial charge in [-0.25, -0.2) is 4.98 Å². The average Bonchev–Trinajstić information content (AvgIpc) is 3.22. The number of benzene rings is 2. The first-order chi connectivity index (χ1) is 13.6. The van der Waals surface area contributed by atoms with E-state index in [1.165, 1.54) is 0 Å². The van der Waals surface area contributed by atoms with Gasteiger partial charge >= 0.3 is 0 Å². The summed E-state index contributed by atoms with van der Waals surface area (Å²) in [6.07, 6.45) is 0. The Labute approximate surface area is 190 Å². The number of halogens is 3. The number of aromatic nitrogens is 2. The van der Waals surface area contributed by atoms with Crippen molar-refractivity contribution in [3.05, 3.63) is 75.7 Å². The third kappa shape index (κ3) is 5.32. The van der Waals surface area contributed by atoms with E-state index in [0.717, 1.165) is 54.3 Å². The molecule has 4 aromatic rings. The molecular formula is C21H17Br2ClN2OS. The third-order valence-electron chi connectivity index (χ3n) is 3.91. The largest absolute Gasteiger partial charge is 0.497 e. The maximum atomic E-state index is 6.06. The molecule has 3 nitrogen and oxygen atoms in total. The second-order valence-electron chi connectivity index (χ2n) is 5.73. The monoisotopic (exact) mass is 538 g/mol. The summed E-state index contributed by atoms with van der Waals surface area (Å²) >= 11 is 14.5. The first-order valence-corrected chi connectivity index (χ1v) is 11.9. The summed E-state index contributed by atoms with van der Waals surface area (Å²) in [6, 6.07) is 17.7. The molecule has 0 spiro atoms. The Bertz CT molecular complexity index is 1030. The molecule has 144 valence electrons. The van der Waals surface area contributed by atoms with Crippen LogP contribution in [0.1, 0.15) is 10.7 Å². The Hall–Kier alpha value is -1.47. The van der Waals surface area contributed by atoms with E-state index in [0.29, 0.717) is 0 Å². The van der Waals surface area contributed by atoms with Gasteiger partial charge in [-0.1, -0.05) is 67.7 Å². The smallest absolute Gasteiger partial charge is 0.121 e. The lowest BCUT2D eigenvalue weighted by Gasteiger charge is -2.02. The summed E-state index contributed by atoms with van der Waals surface area (Å²) in [6.45, 7) is 0. The molecule has 2 aromatic carbocycles. The van der Waals surface area contributed by atoms with Gasteiger partial charge in [0.15, 0.2) is 0 Å².